The fourth-order valence-electron chi connectivity index (χ4n) is 1.78. The number of anilines is 1. The number of hydrogen-bond donors (Lipinski definition) is 2. The second-order valence-electron chi connectivity index (χ2n) is 4.61. The molecule has 110 valence electrons. The summed E-state index contributed by atoms with van der Waals surface area (Å²) in [6.45, 7) is 2.40. The molecular formula is C12H13ClF3N3O. The molecule has 0 spiro atoms. The molecule has 0 radical (unpaired) electrons. The van der Waals surface area contributed by atoms with Crippen molar-refractivity contribution >= 4 is 23.3 Å². The number of amides is 1. The van der Waals surface area contributed by atoms with Crippen molar-refractivity contribution in [2.75, 3.05) is 11.9 Å². The van der Waals surface area contributed by atoms with Gasteiger partial charge in [-0.3, -0.25) is 4.79 Å². The van der Waals surface area contributed by atoms with E-state index in [0.717, 1.165) is 0 Å². The van der Waals surface area contributed by atoms with Crippen molar-refractivity contribution in [2.24, 2.45) is 0 Å². The highest BCUT2D eigenvalue weighted by Crippen LogP contribution is 2.49. The molecule has 1 heterocycles. The molecule has 20 heavy (non-hydrogen) atoms. The van der Waals surface area contributed by atoms with Crippen LogP contribution in [0.5, 0.6) is 0 Å². The van der Waals surface area contributed by atoms with Gasteiger partial charge >= 0.3 is 6.18 Å². The fraction of sp³-hybridized carbons (Fsp3) is 0.500. The van der Waals surface area contributed by atoms with Crippen molar-refractivity contribution in [2.45, 2.75) is 31.5 Å². The van der Waals surface area contributed by atoms with Crippen LogP contribution in [0.15, 0.2) is 12.3 Å². The molecule has 0 saturated heterocycles. The van der Waals surface area contributed by atoms with Gasteiger partial charge in [-0.2, -0.15) is 13.2 Å². The summed E-state index contributed by atoms with van der Waals surface area (Å²) < 4.78 is 38.4. The number of pyridine rings is 1. The molecule has 2 N–H and O–H groups in total. The molecule has 1 aromatic heterocycles. The Bertz CT molecular complexity index is 529. The zero-order chi connectivity index (χ0) is 15.0. The van der Waals surface area contributed by atoms with Crippen LogP contribution in [0.1, 0.15) is 30.1 Å². The number of nitrogens with zero attached hydrogens (tertiary/aromatic N) is 1. The SMILES string of the molecule is CCNc1cc(C(=O)NC2(C(F)(F)F)CC2)c(Cl)cn1. The molecule has 1 amide bonds. The van der Waals surface area contributed by atoms with Gasteiger partial charge in [0.05, 0.1) is 10.6 Å². The van der Waals surface area contributed by atoms with Gasteiger partial charge in [-0.1, -0.05) is 11.6 Å². The van der Waals surface area contributed by atoms with E-state index < -0.39 is 17.6 Å². The lowest BCUT2D eigenvalue weighted by molar-refractivity contribution is -0.163. The zero-order valence-electron chi connectivity index (χ0n) is 10.6. The van der Waals surface area contributed by atoms with Gasteiger partial charge in [0.2, 0.25) is 0 Å². The lowest BCUT2D eigenvalue weighted by Gasteiger charge is -2.21. The summed E-state index contributed by atoms with van der Waals surface area (Å²) in [5.41, 5.74) is -2.12. The van der Waals surface area contributed by atoms with E-state index >= 15 is 0 Å². The third-order valence-corrected chi connectivity index (χ3v) is 3.40. The van der Waals surface area contributed by atoms with E-state index in [2.05, 4.69) is 10.3 Å². The first kappa shape index (κ1) is 14.9. The van der Waals surface area contributed by atoms with Gasteiger partial charge in [0.1, 0.15) is 11.4 Å². The molecule has 1 aromatic rings. The summed E-state index contributed by atoms with van der Waals surface area (Å²) in [5, 5.41) is 4.91. The van der Waals surface area contributed by atoms with Gasteiger partial charge in [0, 0.05) is 12.7 Å². The van der Waals surface area contributed by atoms with E-state index in [1.807, 2.05) is 12.2 Å². The van der Waals surface area contributed by atoms with Crippen molar-refractivity contribution in [3.05, 3.63) is 22.8 Å². The first-order valence-corrected chi connectivity index (χ1v) is 6.45. The number of hydrogen-bond acceptors (Lipinski definition) is 3. The van der Waals surface area contributed by atoms with Crippen LogP contribution in [-0.2, 0) is 0 Å². The summed E-state index contributed by atoms with van der Waals surface area (Å²) in [5.74, 6) is -0.453. The van der Waals surface area contributed by atoms with Crippen LogP contribution in [0, 0.1) is 0 Å². The summed E-state index contributed by atoms with van der Waals surface area (Å²) in [4.78, 5) is 15.9. The molecule has 0 bridgehead atoms. The molecular weight excluding hydrogens is 295 g/mol. The van der Waals surface area contributed by atoms with Gasteiger partial charge in [-0.25, -0.2) is 4.98 Å². The first-order valence-electron chi connectivity index (χ1n) is 6.08. The molecule has 4 nitrogen and oxygen atoms in total. The Morgan fingerprint density at radius 3 is 2.65 bits per heavy atom. The van der Waals surface area contributed by atoms with Crippen molar-refractivity contribution in [1.82, 2.24) is 10.3 Å². The Hall–Kier alpha value is -1.50. The third-order valence-electron chi connectivity index (χ3n) is 3.10. The number of rotatable bonds is 4. The third kappa shape index (κ3) is 2.82. The Labute approximate surface area is 118 Å². The summed E-state index contributed by atoms with van der Waals surface area (Å²) >= 11 is 5.82. The standard InChI is InChI=1S/C12H13ClF3N3O/c1-2-17-9-5-7(8(13)6-18-9)10(20)19-11(3-4-11)12(14,15)16/h5-6H,2-4H2,1H3,(H,17,18)(H,19,20). The van der Waals surface area contributed by atoms with Crippen molar-refractivity contribution < 1.29 is 18.0 Å². The highest BCUT2D eigenvalue weighted by atomic mass is 35.5. The summed E-state index contributed by atoms with van der Waals surface area (Å²) in [6, 6.07) is 1.34. The second kappa shape index (κ2) is 5.12. The second-order valence-corrected chi connectivity index (χ2v) is 5.02. The number of aromatic nitrogens is 1. The minimum atomic E-state index is -4.45. The van der Waals surface area contributed by atoms with Crippen molar-refractivity contribution in [1.29, 1.82) is 0 Å². The number of nitrogens with one attached hydrogen (secondary N) is 2. The lowest BCUT2D eigenvalue weighted by Crippen LogP contribution is -2.47. The molecule has 1 fully saturated rings. The molecule has 0 aromatic carbocycles. The topological polar surface area (TPSA) is 54.0 Å². The van der Waals surface area contributed by atoms with E-state index in [1.54, 1.807) is 0 Å². The normalized spacial score (nSPS) is 16.6. The largest absolute Gasteiger partial charge is 0.411 e. The lowest BCUT2D eigenvalue weighted by atomic mass is 10.2. The summed E-state index contributed by atoms with van der Waals surface area (Å²) in [6.07, 6.45) is -3.43. The van der Waals surface area contributed by atoms with E-state index in [-0.39, 0.29) is 23.4 Å². The molecule has 0 atom stereocenters. The Morgan fingerprint density at radius 2 is 2.15 bits per heavy atom. The Kier molecular flexibility index (Phi) is 3.82. The number of halogens is 4. The maximum absolute atomic E-state index is 12.8. The van der Waals surface area contributed by atoms with Gasteiger partial charge in [0.25, 0.3) is 5.91 Å². The molecule has 0 aliphatic heterocycles. The average molecular weight is 308 g/mol. The average Bonchev–Trinajstić information content (AvgIpc) is 3.12. The number of alkyl halides is 3. The predicted molar refractivity (Wildman–Crippen MR) is 68.9 cm³/mol. The Balaban J connectivity index is 2.19. The highest BCUT2D eigenvalue weighted by Gasteiger charge is 2.64. The van der Waals surface area contributed by atoms with Gasteiger partial charge in [-0.15, -0.1) is 0 Å². The number of carbonyl (C=O) groups excluding carboxylic acids is 1. The van der Waals surface area contributed by atoms with Crippen LogP contribution in [0.4, 0.5) is 19.0 Å². The van der Waals surface area contributed by atoms with Gasteiger partial charge in [0.15, 0.2) is 0 Å². The van der Waals surface area contributed by atoms with Crippen LogP contribution in [-0.4, -0.2) is 29.2 Å². The van der Waals surface area contributed by atoms with Crippen LogP contribution in [0.25, 0.3) is 0 Å². The smallest absolute Gasteiger partial charge is 0.370 e. The molecule has 1 aliphatic rings. The first-order chi connectivity index (χ1) is 9.29. The van der Waals surface area contributed by atoms with Crippen molar-refractivity contribution in [3.8, 4) is 0 Å². The minimum Gasteiger partial charge on any atom is -0.370 e. The molecule has 1 saturated carbocycles. The minimum absolute atomic E-state index is 0.0159. The maximum atomic E-state index is 12.8. The highest BCUT2D eigenvalue weighted by molar-refractivity contribution is 6.33. The van der Waals surface area contributed by atoms with E-state index in [0.29, 0.717) is 12.4 Å². The predicted octanol–water partition coefficient (Wildman–Crippen LogP) is 2.99. The summed E-state index contributed by atoms with van der Waals surface area (Å²) in [7, 11) is 0. The Morgan fingerprint density at radius 1 is 1.50 bits per heavy atom. The molecule has 1 aliphatic carbocycles. The monoisotopic (exact) mass is 307 g/mol. The van der Waals surface area contributed by atoms with E-state index in [9.17, 15) is 18.0 Å². The van der Waals surface area contributed by atoms with Crippen LogP contribution >= 0.6 is 11.6 Å². The van der Waals surface area contributed by atoms with E-state index in [4.69, 9.17) is 11.6 Å². The van der Waals surface area contributed by atoms with E-state index in [1.165, 1.54) is 12.3 Å². The van der Waals surface area contributed by atoms with Gasteiger partial charge in [-0.05, 0) is 25.8 Å². The van der Waals surface area contributed by atoms with Crippen LogP contribution in [0.3, 0.4) is 0 Å². The van der Waals surface area contributed by atoms with Crippen molar-refractivity contribution in [3.63, 3.8) is 0 Å². The number of carbonyl (C=O) groups is 1. The molecule has 2 rings (SSSR count). The van der Waals surface area contributed by atoms with Crippen LogP contribution < -0.4 is 10.6 Å². The van der Waals surface area contributed by atoms with Crippen LogP contribution in [0.2, 0.25) is 5.02 Å². The quantitative estimate of drug-likeness (QED) is 0.899. The molecule has 0 unspecified atom stereocenters. The fourth-order valence-corrected chi connectivity index (χ4v) is 1.97. The molecule has 8 heteroatoms. The maximum Gasteiger partial charge on any atom is 0.411 e. The zero-order valence-corrected chi connectivity index (χ0v) is 11.4. The van der Waals surface area contributed by atoms with Gasteiger partial charge < -0.3 is 10.6 Å².